The molecule has 5 N–H and O–H groups in total. The summed E-state index contributed by atoms with van der Waals surface area (Å²) >= 11 is 0. The topological polar surface area (TPSA) is 174 Å². The molecule has 0 bridgehead atoms. The van der Waals surface area contributed by atoms with E-state index in [1.807, 2.05) is 46.6 Å². The van der Waals surface area contributed by atoms with Gasteiger partial charge in [0.15, 0.2) is 0 Å². The second-order valence-corrected chi connectivity index (χ2v) is 18.9. The number of nitrogens with one attached hydrogen (secondary N) is 3. The Bertz CT molecular complexity index is 1440. The molecule has 0 aromatic rings. The number of Topliss-reactive ketones (excluding diaryl/α,β-unsaturated/α-hetero) is 1. The fourth-order valence-corrected chi connectivity index (χ4v) is 10.2. The summed E-state index contributed by atoms with van der Waals surface area (Å²) in [5, 5.41) is 8.69. The van der Waals surface area contributed by atoms with Gasteiger partial charge in [0, 0.05) is 37.1 Å². The van der Waals surface area contributed by atoms with Crippen LogP contribution in [0.3, 0.4) is 0 Å². The van der Waals surface area contributed by atoms with Gasteiger partial charge in [-0.3, -0.25) is 28.9 Å². The van der Waals surface area contributed by atoms with Crippen LogP contribution in [0.15, 0.2) is 0 Å². The smallest absolute Gasteiger partial charge is 0.316 e. The molecule has 2 heterocycles. The van der Waals surface area contributed by atoms with E-state index in [0.29, 0.717) is 32.5 Å². The Hall–Kier alpha value is -3.22. The van der Waals surface area contributed by atoms with Crippen molar-refractivity contribution < 1.29 is 28.8 Å². The molecule has 0 aromatic heterocycles. The molecule has 3 aliphatic carbocycles. The van der Waals surface area contributed by atoms with Crippen LogP contribution in [0.25, 0.3) is 0 Å². The third-order valence-corrected chi connectivity index (χ3v) is 14.3. The highest BCUT2D eigenvalue weighted by molar-refractivity contribution is 6.37. The van der Waals surface area contributed by atoms with Gasteiger partial charge in [0.05, 0.1) is 6.04 Å². The molecule has 6 amide bonds. The van der Waals surface area contributed by atoms with E-state index in [0.717, 1.165) is 38.5 Å². The zero-order valence-electron chi connectivity index (χ0n) is 33.3. The van der Waals surface area contributed by atoms with Gasteiger partial charge >= 0.3 is 6.03 Å². The van der Waals surface area contributed by atoms with Crippen molar-refractivity contribution in [3.8, 4) is 0 Å². The van der Waals surface area contributed by atoms with Crippen LogP contribution in [0.5, 0.6) is 0 Å². The maximum atomic E-state index is 14.8. The van der Waals surface area contributed by atoms with Gasteiger partial charge in [0.2, 0.25) is 23.5 Å². The number of primary amides is 1. The molecule has 2 saturated heterocycles. The van der Waals surface area contributed by atoms with E-state index in [9.17, 15) is 28.8 Å². The highest BCUT2D eigenvalue weighted by Gasteiger charge is 2.85. The lowest BCUT2D eigenvalue weighted by Crippen LogP contribution is -2.63. The zero-order valence-corrected chi connectivity index (χ0v) is 33.3. The molecule has 2 aliphatic heterocycles. The standard InChI is InChI=1S/C39H65N7O6/c1-22(2)28(33(50)45-19-23(3)44(10)24(4)20-45)42-35(52)43-30(36(5,6)7)34(51)46-21-39(37(8,9)38(39)15-12-16-38)18-27(46)32(49)41-26(29(47)31(40)48)17-25-13-11-14-25/h22-28,30H,11-21H2,1-10H3,(H2,40,48)(H,41,49)(H2,42,43,52)/t23-,24-,26?,27-,28-,30+,39+/m0/s1. The molecule has 52 heavy (non-hydrogen) atoms. The predicted molar refractivity (Wildman–Crippen MR) is 198 cm³/mol. The van der Waals surface area contributed by atoms with Gasteiger partial charge in [-0.25, -0.2) is 4.79 Å². The molecule has 2 spiro atoms. The molecular formula is C39H65N7O6. The van der Waals surface area contributed by atoms with Gasteiger partial charge in [0.25, 0.3) is 5.91 Å². The Kier molecular flexibility index (Phi) is 10.9. The van der Waals surface area contributed by atoms with Crippen LogP contribution in [0.2, 0.25) is 0 Å². The van der Waals surface area contributed by atoms with Crippen molar-refractivity contribution in [2.45, 2.75) is 150 Å². The van der Waals surface area contributed by atoms with Crippen LogP contribution in [-0.4, -0.2) is 113 Å². The Labute approximate surface area is 310 Å². The van der Waals surface area contributed by atoms with E-state index < -0.39 is 53.2 Å². The molecule has 5 fully saturated rings. The zero-order chi connectivity index (χ0) is 38.7. The van der Waals surface area contributed by atoms with Gasteiger partial charge in [-0.1, -0.05) is 74.1 Å². The summed E-state index contributed by atoms with van der Waals surface area (Å²) < 4.78 is 0. The molecule has 292 valence electrons. The fraction of sp³-hybridized carbons (Fsp3) is 0.846. The molecule has 13 heteroatoms. The van der Waals surface area contributed by atoms with Crippen molar-refractivity contribution in [1.29, 1.82) is 0 Å². The van der Waals surface area contributed by atoms with E-state index in [2.05, 4.69) is 48.5 Å². The van der Waals surface area contributed by atoms with Gasteiger partial charge in [-0.05, 0) is 74.7 Å². The number of amides is 6. The number of fused-ring (bicyclic) bond motifs is 1. The summed E-state index contributed by atoms with van der Waals surface area (Å²) in [6.07, 6.45) is 6.81. The number of ketones is 1. The molecule has 5 aliphatic rings. The van der Waals surface area contributed by atoms with Crippen molar-refractivity contribution in [3.05, 3.63) is 0 Å². The molecular weight excluding hydrogens is 662 g/mol. The van der Waals surface area contributed by atoms with Crippen molar-refractivity contribution in [3.63, 3.8) is 0 Å². The maximum Gasteiger partial charge on any atom is 0.316 e. The minimum absolute atomic E-state index is 0.0209. The second-order valence-electron chi connectivity index (χ2n) is 18.9. The third-order valence-electron chi connectivity index (χ3n) is 14.3. The first-order valence-corrected chi connectivity index (χ1v) is 19.6. The summed E-state index contributed by atoms with van der Waals surface area (Å²) in [5.74, 6) is -2.91. The lowest BCUT2D eigenvalue weighted by atomic mass is 9.73. The normalized spacial score (nSPS) is 29.9. The fourth-order valence-electron chi connectivity index (χ4n) is 10.2. The van der Waals surface area contributed by atoms with Crippen LogP contribution in [0, 0.1) is 33.5 Å². The first kappa shape index (κ1) is 40.0. The molecule has 1 unspecified atom stereocenters. The highest BCUT2D eigenvalue weighted by atomic mass is 16.2. The van der Waals surface area contributed by atoms with Crippen molar-refractivity contribution in [2.24, 2.45) is 39.2 Å². The summed E-state index contributed by atoms with van der Waals surface area (Å²) in [4.78, 5) is 87.3. The van der Waals surface area contributed by atoms with Crippen LogP contribution in [-0.2, 0) is 24.0 Å². The number of hydrogen-bond acceptors (Lipinski definition) is 7. The first-order valence-electron chi connectivity index (χ1n) is 19.6. The number of rotatable bonds is 11. The lowest BCUT2D eigenvalue weighted by Gasteiger charge is -2.43. The average Bonchev–Trinajstić information content (AvgIpc) is 3.23. The third kappa shape index (κ3) is 6.83. The van der Waals surface area contributed by atoms with Crippen molar-refractivity contribution in [2.75, 3.05) is 26.7 Å². The Morgan fingerprint density at radius 1 is 0.865 bits per heavy atom. The van der Waals surface area contributed by atoms with Gasteiger partial charge in [0.1, 0.15) is 18.1 Å². The summed E-state index contributed by atoms with van der Waals surface area (Å²) in [7, 11) is 2.05. The largest absolute Gasteiger partial charge is 0.363 e. The molecule has 13 nitrogen and oxygen atoms in total. The Morgan fingerprint density at radius 3 is 1.90 bits per heavy atom. The number of nitrogens with two attached hydrogens (primary N) is 1. The van der Waals surface area contributed by atoms with E-state index >= 15 is 0 Å². The van der Waals surface area contributed by atoms with Crippen LogP contribution in [0.1, 0.15) is 114 Å². The van der Waals surface area contributed by atoms with E-state index in [-0.39, 0.29) is 52.0 Å². The summed E-state index contributed by atoms with van der Waals surface area (Å²) in [6, 6.07) is -4.05. The monoisotopic (exact) mass is 727 g/mol. The molecule has 0 aromatic carbocycles. The van der Waals surface area contributed by atoms with Crippen molar-refractivity contribution >= 4 is 35.4 Å². The second kappa shape index (κ2) is 14.2. The predicted octanol–water partition coefficient (Wildman–Crippen LogP) is 2.80. The minimum atomic E-state index is -1.09. The minimum Gasteiger partial charge on any atom is -0.363 e. The number of likely N-dealkylation sites (tertiary alicyclic amines) is 1. The Morgan fingerprint density at radius 2 is 1.46 bits per heavy atom. The lowest BCUT2D eigenvalue weighted by molar-refractivity contribution is -0.143. The van der Waals surface area contributed by atoms with Crippen LogP contribution >= 0.6 is 0 Å². The number of carbonyl (C=O) groups excluding carboxylic acids is 6. The van der Waals surface area contributed by atoms with Gasteiger partial charge < -0.3 is 31.5 Å². The molecule has 0 radical (unpaired) electrons. The van der Waals surface area contributed by atoms with Crippen LogP contribution in [0.4, 0.5) is 4.79 Å². The van der Waals surface area contributed by atoms with Crippen molar-refractivity contribution in [1.82, 2.24) is 30.7 Å². The van der Waals surface area contributed by atoms with Crippen LogP contribution < -0.4 is 21.7 Å². The molecule has 7 atom stereocenters. The Balaban J connectivity index is 1.38. The number of nitrogens with zero attached hydrogens (tertiary/aromatic N) is 3. The molecule has 3 saturated carbocycles. The number of carbonyl (C=O) groups is 6. The average molecular weight is 728 g/mol. The number of urea groups is 1. The number of hydrogen-bond donors (Lipinski definition) is 4. The maximum absolute atomic E-state index is 14.8. The molecule has 5 rings (SSSR count). The number of likely N-dealkylation sites (N-methyl/N-ethyl adjacent to an activating group) is 1. The highest BCUT2D eigenvalue weighted by Crippen LogP contribution is 2.88. The first-order chi connectivity index (χ1) is 24.1. The van der Waals surface area contributed by atoms with E-state index in [1.54, 1.807) is 4.90 Å². The van der Waals surface area contributed by atoms with Gasteiger partial charge in [-0.15, -0.1) is 0 Å². The number of piperazine rings is 1. The summed E-state index contributed by atoms with van der Waals surface area (Å²) in [5.41, 5.74) is 4.29. The van der Waals surface area contributed by atoms with E-state index in [4.69, 9.17) is 5.73 Å². The van der Waals surface area contributed by atoms with Gasteiger partial charge in [-0.2, -0.15) is 0 Å². The van der Waals surface area contributed by atoms with E-state index in [1.165, 1.54) is 0 Å². The SMILES string of the molecule is CC(C)[C@H](NC(=O)N[C@H](C(=O)N1C[C@]2(C[C@H]1C(=O)NC(CC1CCC1)C(=O)C(N)=O)C(C)(C)C21CCC1)C(C)(C)C)C(=O)N1C[C@H](C)N(C)[C@@H](C)C1. The summed E-state index contributed by atoms with van der Waals surface area (Å²) in [6.45, 7) is 19.4. The quantitative estimate of drug-likeness (QED) is 0.237.